The van der Waals surface area contributed by atoms with Crippen molar-refractivity contribution < 1.29 is 14.7 Å². The Balaban J connectivity index is 1.93. The summed E-state index contributed by atoms with van der Waals surface area (Å²) in [5.74, 6) is -1.02. The molecule has 1 heterocycles. The number of allylic oxidation sites excluding steroid dienone is 2. The van der Waals surface area contributed by atoms with Crippen molar-refractivity contribution in [1.82, 2.24) is 9.97 Å². The third-order valence-electron chi connectivity index (χ3n) is 4.50. The number of carbonyl (C=O) groups excluding carboxylic acids is 1. The summed E-state index contributed by atoms with van der Waals surface area (Å²) in [6, 6.07) is 7.52. The van der Waals surface area contributed by atoms with Crippen molar-refractivity contribution in [3.8, 4) is 6.07 Å². The number of H-pyrrole nitrogens is 1. The smallest absolute Gasteiger partial charge is 0.328 e. The molecule has 6 nitrogen and oxygen atoms in total. The number of aliphatic carboxylic acids is 1. The third kappa shape index (κ3) is 4.59. The first-order chi connectivity index (χ1) is 13.1. The maximum Gasteiger partial charge on any atom is 0.328 e. The van der Waals surface area contributed by atoms with Crippen LogP contribution in [0, 0.1) is 11.3 Å². The van der Waals surface area contributed by atoms with Gasteiger partial charge in [-0.05, 0) is 60.1 Å². The van der Waals surface area contributed by atoms with Crippen LogP contribution in [0.3, 0.4) is 0 Å². The number of hydrogen-bond acceptors (Lipinski definition) is 4. The van der Waals surface area contributed by atoms with E-state index in [-0.39, 0.29) is 23.7 Å². The van der Waals surface area contributed by atoms with Crippen LogP contribution in [-0.2, 0) is 11.2 Å². The standard InChI is InChI=1S/C21H19N3O3/c22-12-17-13-23-21(24-17)19(25)11-16-8-6-14(7-9-20(26)27)10-18(16)15-4-2-1-3-5-15/h4,6-10,13H,1-3,5,11H2,(H,23,24)(H,26,27)/b9-7+. The number of Topliss-reactive ketones (excluding diaryl/α,β-unsaturated/α-hetero) is 1. The quantitative estimate of drug-likeness (QED) is 0.602. The Labute approximate surface area is 156 Å². The Morgan fingerprint density at radius 1 is 1.33 bits per heavy atom. The van der Waals surface area contributed by atoms with Crippen LogP contribution in [-0.4, -0.2) is 26.8 Å². The Hall–Kier alpha value is -3.46. The lowest BCUT2D eigenvalue weighted by Gasteiger charge is -2.17. The predicted molar refractivity (Wildman–Crippen MR) is 101 cm³/mol. The number of nitrogens with zero attached hydrogens (tertiary/aromatic N) is 2. The first-order valence-corrected chi connectivity index (χ1v) is 8.78. The molecule has 0 bridgehead atoms. The Kier molecular flexibility index (Phi) is 5.62. The number of carboxylic acid groups (broad SMARTS) is 1. The van der Waals surface area contributed by atoms with Gasteiger partial charge in [0.2, 0.25) is 5.78 Å². The van der Waals surface area contributed by atoms with E-state index in [9.17, 15) is 9.59 Å². The molecule has 2 N–H and O–H groups in total. The lowest BCUT2D eigenvalue weighted by Crippen LogP contribution is -2.08. The number of benzene rings is 1. The number of ketones is 1. The molecule has 0 spiro atoms. The first-order valence-electron chi connectivity index (χ1n) is 8.78. The fourth-order valence-electron chi connectivity index (χ4n) is 3.18. The molecule has 27 heavy (non-hydrogen) atoms. The summed E-state index contributed by atoms with van der Waals surface area (Å²) < 4.78 is 0. The zero-order valence-corrected chi connectivity index (χ0v) is 14.7. The number of imidazole rings is 1. The van der Waals surface area contributed by atoms with Gasteiger partial charge in [0.15, 0.2) is 5.82 Å². The van der Waals surface area contributed by atoms with E-state index in [1.54, 1.807) is 12.1 Å². The van der Waals surface area contributed by atoms with Gasteiger partial charge in [-0.25, -0.2) is 9.78 Å². The summed E-state index contributed by atoms with van der Waals surface area (Å²) in [5, 5.41) is 17.7. The van der Waals surface area contributed by atoms with Crippen molar-refractivity contribution in [1.29, 1.82) is 5.26 Å². The zero-order chi connectivity index (χ0) is 19.2. The molecule has 0 aliphatic heterocycles. The highest BCUT2D eigenvalue weighted by Gasteiger charge is 2.17. The molecule has 2 aromatic rings. The largest absolute Gasteiger partial charge is 0.478 e. The van der Waals surface area contributed by atoms with E-state index in [4.69, 9.17) is 10.4 Å². The van der Waals surface area contributed by atoms with Crippen molar-refractivity contribution in [3.05, 3.63) is 64.8 Å². The molecule has 0 fully saturated rings. The molecule has 3 rings (SSSR count). The second-order valence-corrected chi connectivity index (χ2v) is 6.42. The number of carbonyl (C=O) groups is 2. The molecular weight excluding hydrogens is 342 g/mol. The minimum atomic E-state index is -1.00. The highest BCUT2D eigenvalue weighted by Crippen LogP contribution is 2.30. The van der Waals surface area contributed by atoms with Crippen LogP contribution in [0.2, 0.25) is 0 Å². The topological polar surface area (TPSA) is 107 Å². The van der Waals surface area contributed by atoms with Gasteiger partial charge in [0.05, 0.1) is 6.20 Å². The molecule has 1 aliphatic carbocycles. The van der Waals surface area contributed by atoms with E-state index in [0.29, 0.717) is 0 Å². The van der Waals surface area contributed by atoms with E-state index in [2.05, 4.69) is 16.0 Å². The van der Waals surface area contributed by atoms with Gasteiger partial charge in [-0.2, -0.15) is 5.26 Å². The van der Waals surface area contributed by atoms with Gasteiger partial charge in [-0.1, -0.05) is 18.2 Å². The number of aromatic nitrogens is 2. The van der Waals surface area contributed by atoms with Crippen LogP contribution in [0.5, 0.6) is 0 Å². The van der Waals surface area contributed by atoms with Gasteiger partial charge in [0.25, 0.3) is 0 Å². The summed E-state index contributed by atoms with van der Waals surface area (Å²) >= 11 is 0. The monoisotopic (exact) mass is 361 g/mol. The molecule has 0 amide bonds. The molecule has 1 aromatic carbocycles. The maximum atomic E-state index is 12.6. The Morgan fingerprint density at radius 3 is 2.85 bits per heavy atom. The van der Waals surface area contributed by atoms with E-state index in [1.807, 2.05) is 18.2 Å². The van der Waals surface area contributed by atoms with Gasteiger partial charge < -0.3 is 10.1 Å². The summed E-state index contributed by atoms with van der Waals surface area (Å²) in [6.45, 7) is 0. The molecule has 1 aliphatic rings. The van der Waals surface area contributed by atoms with Crippen molar-refractivity contribution in [3.63, 3.8) is 0 Å². The van der Waals surface area contributed by atoms with Crippen LogP contribution in [0.1, 0.15) is 58.7 Å². The van der Waals surface area contributed by atoms with Crippen LogP contribution in [0.4, 0.5) is 0 Å². The van der Waals surface area contributed by atoms with E-state index >= 15 is 0 Å². The van der Waals surface area contributed by atoms with Gasteiger partial charge in [-0.3, -0.25) is 4.79 Å². The zero-order valence-electron chi connectivity index (χ0n) is 14.7. The van der Waals surface area contributed by atoms with Gasteiger partial charge >= 0.3 is 5.97 Å². The molecule has 0 unspecified atom stereocenters. The molecule has 0 saturated heterocycles. The van der Waals surface area contributed by atoms with Crippen LogP contribution in [0.15, 0.2) is 36.5 Å². The molecule has 0 saturated carbocycles. The molecule has 1 aromatic heterocycles. The summed E-state index contributed by atoms with van der Waals surface area (Å²) in [5.41, 5.74) is 4.06. The second kappa shape index (κ2) is 8.28. The van der Waals surface area contributed by atoms with Gasteiger partial charge in [0, 0.05) is 12.5 Å². The maximum absolute atomic E-state index is 12.6. The number of nitrogens with one attached hydrogen (secondary N) is 1. The number of carboxylic acids is 1. The van der Waals surface area contributed by atoms with Crippen LogP contribution in [0.25, 0.3) is 11.6 Å². The second-order valence-electron chi connectivity index (χ2n) is 6.42. The van der Waals surface area contributed by atoms with Crippen LogP contribution < -0.4 is 0 Å². The van der Waals surface area contributed by atoms with Crippen molar-refractivity contribution in [2.24, 2.45) is 0 Å². The average molecular weight is 361 g/mol. The van der Waals surface area contributed by atoms with Crippen LogP contribution >= 0.6 is 0 Å². The highest BCUT2D eigenvalue weighted by atomic mass is 16.4. The fourth-order valence-corrected chi connectivity index (χ4v) is 3.18. The molecule has 0 radical (unpaired) electrons. The van der Waals surface area contributed by atoms with E-state index in [1.165, 1.54) is 11.8 Å². The average Bonchev–Trinajstić information content (AvgIpc) is 3.17. The normalized spacial score (nSPS) is 14.0. The number of nitriles is 1. The minimum Gasteiger partial charge on any atom is -0.478 e. The minimum absolute atomic E-state index is 0.161. The number of hydrogen-bond donors (Lipinski definition) is 2. The van der Waals surface area contributed by atoms with E-state index < -0.39 is 5.97 Å². The molecule has 6 heteroatoms. The predicted octanol–water partition coefficient (Wildman–Crippen LogP) is 3.76. The summed E-state index contributed by atoms with van der Waals surface area (Å²) in [7, 11) is 0. The fraction of sp³-hybridized carbons (Fsp3) is 0.238. The highest BCUT2D eigenvalue weighted by molar-refractivity contribution is 5.95. The first kappa shape index (κ1) is 18.3. The Morgan fingerprint density at radius 2 is 2.19 bits per heavy atom. The van der Waals surface area contributed by atoms with Crippen molar-refractivity contribution in [2.45, 2.75) is 32.1 Å². The lowest BCUT2D eigenvalue weighted by atomic mass is 9.88. The lowest BCUT2D eigenvalue weighted by molar-refractivity contribution is -0.131. The van der Waals surface area contributed by atoms with E-state index in [0.717, 1.165) is 48.4 Å². The molecule has 0 atom stereocenters. The van der Waals surface area contributed by atoms with Crippen molar-refractivity contribution >= 4 is 23.4 Å². The SMILES string of the molecule is N#Cc1cnc(C(=O)Cc2ccc(/C=C/C(=O)O)cc2C2=CCCCC2)[nH]1. The third-order valence-corrected chi connectivity index (χ3v) is 4.50. The molecular formula is C21H19N3O3. The summed E-state index contributed by atoms with van der Waals surface area (Å²) in [6.07, 6.45) is 10.5. The number of rotatable bonds is 6. The van der Waals surface area contributed by atoms with Gasteiger partial charge in [0.1, 0.15) is 11.8 Å². The number of aromatic amines is 1. The van der Waals surface area contributed by atoms with Gasteiger partial charge in [-0.15, -0.1) is 0 Å². The molecule has 136 valence electrons. The summed E-state index contributed by atoms with van der Waals surface area (Å²) in [4.78, 5) is 30.0. The Bertz CT molecular complexity index is 977. The van der Waals surface area contributed by atoms with Crippen molar-refractivity contribution in [2.75, 3.05) is 0 Å².